The fourth-order valence-electron chi connectivity index (χ4n) is 2.20. The van der Waals surface area contributed by atoms with E-state index in [-0.39, 0.29) is 11.7 Å². The Morgan fingerprint density at radius 1 is 1.39 bits per heavy atom. The van der Waals surface area contributed by atoms with Crippen molar-refractivity contribution in [2.45, 2.75) is 26.6 Å². The van der Waals surface area contributed by atoms with E-state index in [2.05, 4.69) is 4.74 Å². The van der Waals surface area contributed by atoms with Gasteiger partial charge in [-0.2, -0.15) is 0 Å². The molecule has 0 aliphatic carbocycles. The summed E-state index contributed by atoms with van der Waals surface area (Å²) >= 11 is 0. The summed E-state index contributed by atoms with van der Waals surface area (Å²) in [7, 11) is 0. The Hall–Kier alpha value is -1.72. The summed E-state index contributed by atoms with van der Waals surface area (Å²) < 4.78 is 40.4. The normalized spacial score (nSPS) is 14.6. The number of ether oxygens (including phenoxy) is 1. The molecule has 0 spiro atoms. The molecule has 1 aromatic carbocycles. The molecular formula is C12H12F3NO2. The molecule has 1 aromatic rings. The predicted octanol–water partition coefficient (Wildman–Crippen LogP) is 2.80. The number of carbonyl (C=O) groups is 1. The van der Waals surface area contributed by atoms with Crippen LogP contribution >= 0.6 is 0 Å². The Bertz CT molecular complexity index is 497. The average molecular weight is 259 g/mol. The Balaban J connectivity index is 2.41. The van der Waals surface area contributed by atoms with E-state index >= 15 is 0 Å². The Kier molecular flexibility index (Phi) is 2.96. The van der Waals surface area contributed by atoms with Gasteiger partial charge < -0.3 is 9.64 Å². The van der Waals surface area contributed by atoms with Gasteiger partial charge in [-0.25, -0.2) is 0 Å². The largest absolute Gasteiger partial charge is 0.573 e. The molecule has 1 aliphatic rings. The molecular weight excluding hydrogens is 247 g/mol. The molecule has 1 heterocycles. The number of rotatable bonds is 1. The fraction of sp³-hybridized carbons (Fsp3) is 0.417. The summed E-state index contributed by atoms with van der Waals surface area (Å²) in [5.41, 5.74) is 2.12. The molecule has 0 bridgehead atoms. The second-order valence-corrected chi connectivity index (χ2v) is 4.21. The quantitative estimate of drug-likeness (QED) is 0.776. The lowest BCUT2D eigenvalue weighted by Gasteiger charge is -2.17. The summed E-state index contributed by atoms with van der Waals surface area (Å²) in [6.07, 6.45) is -4.06. The number of fused-ring (bicyclic) bond motifs is 1. The van der Waals surface area contributed by atoms with Crippen LogP contribution in [0.4, 0.5) is 18.9 Å². The first-order chi connectivity index (χ1) is 8.28. The van der Waals surface area contributed by atoms with E-state index in [1.165, 1.54) is 24.0 Å². The third-order valence-electron chi connectivity index (χ3n) is 2.91. The van der Waals surface area contributed by atoms with Crippen LogP contribution in [0.3, 0.4) is 0 Å². The SMILES string of the molecule is CC(=O)N1CCc2c(C)cc(OC(F)(F)F)cc21. The average Bonchev–Trinajstić information content (AvgIpc) is 2.58. The predicted molar refractivity (Wildman–Crippen MR) is 59.6 cm³/mol. The molecule has 2 rings (SSSR count). The van der Waals surface area contributed by atoms with Gasteiger partial charge in [0.1, 0.15) is 5.75 Å². The molecule has 0 N–H and O–H groups in total. The number of hydrogen-bond acceptors (Lipinski definition) is 2. The maximum Gasteiger partial charge on any atom is 0.573 e. The van der Waals surface area contributed by atoms with E-state index in [1.807, 2.05) is 0 Å². The second kappa shape index (κ2) is 4.19. The molecule has 0 unspecified atom stereocenters. The molecule has 0 fully saturated rings. The molecule has 6 heteroatoms. The lowest BCUT2D eigenvalue weighted by molar-refractivity contribution is -0.274. The molecule has 0 saturated heterocycles. The highest BCUT2D eigenvalue weighted by atomic mass is 19.4. The molecule has 0 aromatic heterocycles. The lowest BCUT2D eigenvalue weighted by atomic mass is 10.1. The summed E-state index contributed by atoms with van der Waals surface area (Å²) in [5, 5.41) is 0. The molecule has 0 radical (unpaired) electrons. The smallest absolute Gasteiger partial charge is 0.406 e. The molecule has 0 atom stereocenters. The standard InChI is InChI=1S/C12H12F3NO2/c1-7-5-9(18-12(13,14)15)6-11-10(7)3-4-16(11)8(2)17/h5-6H,3-4H2,1-2H3. The first-order valence-electron chi connectivity index (χ1n) is 5.45. The minimum atomic E-state index is -4.72. The number of anilines is 1. The van der Waals surface area contributed by atoms with Crippen LogP contribution in [0.25, 0.3) is 0 Å². The number of halogens is 3. The van der Waals surface area contributed by atoms with Crippen molar-refractivity contribution in [3.05, 3.63) is 23.3 Å². The van der Waals surface area contributed by atoms with Crippen molar-refractivity contribution in [1.29, 1.82) is 0 Å². The van der Waals surface area contributed by atoms with Crippen molar-refractivity contribution in [3.63, 3.8) is 0 Å². The molecule has 0 saturated carbocycles. The zero-order chi connectivity index (χ0) is 13.5. The van der Waals surface area contributed by atoms with E-state index in [9.17, 15) is 18.0 Å². The van der Waals surface area contributed by atoms with Crippen LogP contribution in [-0.4, -0.2) is 18.8 Å². The van der Waals surface area contributed by atoms with E-state index in [4.69, 9.17) is 0 Å². The van der Waals surface area contributed by atoms with Gasteiger partial charge in [0.05, 0.1) is 5.69 Å². The summed E-state index contributed by atoms with van der Waals surface area (Å²) in [6.45, 7) is 3.61. The molecule has 18 heavy (non-hydrogen) atoms. The highest BCUT2D eigenvalue weighted by Crippen LogP contribution is 2.36. The van der Waals surface area contributed by atoms with Crippen LogP contribution in [0, 0.1) is 6.92 Å². The van der Waals surface area contributed by atoms with Crippen molar-refractivity contribution >= 4 is 11.6 Å². The Morgan fingerprint density at radius 3 is 2.61 bits per heavy atom. The van der Waals surface area contributed by atoms with Crippen LogP contribution < -0.4 is 9.64 Å². The van der Waals surface area contributed by atoms with E-state index < -0.39 is 6.36 Å². The summed E-state index contributed by atoms with van der Waals surface area (Å²) in [6, 6.07) is 2.61. The van der Waals surface area contributed by atoms with E-state index in [1.54, 1.807) is 6.92 Å². The minimum absolute atomic E-state index is 0.183. The van der Waals surface area contributed by atoms with Gasteiger partial charge in [-0.15, -0.1) is 13.2 Å². The number of aryl methyl sites for hydroxylation is 1. The Morgan fingerprint density at radius 2 is 2.06 bits per heavy atom. The number of hydrogen-bond donors (Lipinski definition) is 0. The maximum atomic E-state index is 12.2. The Labute approximate surface area is 102 Å². The van der Waals surface area contributed by atoms with Crippen LogP contribution in [0.1, 0.15) is 18.1 Å². The molecule has 98 valence electrons. The number of nitrogens with zero attached hydrogens (tertiary/aromatic N) is 1. The van der Waals surface area contributed by atoms with Crippen LogP contribution in [0.5, 0.6) is 5.75 Å². The van der Waals surface area contributed by atoms with Crippen LogP contribution in [0.15, 0.2) is 12.1 Å². The zero-order valence-corrected chi connectivity index (χ0v) is 9.97. The van der Waals surface area contributed by atoms with Gasteiger partial charge in [0.2, 0.25) is 5.91 Å². The molecule has 1 aliphatic heterocycles. The van der Waals surface area contributed by atoms with Crippen molar-refractivity contribution < 1.29 is 22.7 Å². The number of amides is 1. The van der Waals surface area contributed by atoms with Gasteiger partial charge in [-0.1, -0.05) is 0 Å². The summed E-state index contributed by atoms with van der Waals surface area (Å²) in [4.78, 5) is 12.8. The second-order valence-electron chi connectivity index (χ2n) is 4.21. The topological polar surface area (TPSA) is 29.5 Å². The summed E-state index contributed by atoms with van der Waals surface area (Å²) in [5.74, 6) is -0.468. The van der Waals surface area contributed by atoms with Gasteiger partial charge in [0.25, 0.3) is 0 Å². The van der Waals surface area contributed by atoms with Gasteiger partial charge >= 0.3 is 6.36 Å². The number of alkyl halides is 3. The van der Waals surface area contributed by atoms with Crippen molar-refractivity contribution in [2.24, 2.45) is 0 Å². The number of carbonyl (C=O) groups excluding carboxylic acids is 1. The number of benzene rings is 1. The highest BCUT2D eigenvalue weighted by Gasteiger charge is 2.32. The van der Waals surface area contributed by atoms with Gasteiger partial charge in [0, 0.05) is 19.5 Å². The van der Waals surface area contributed by atoms with Crippen molar-refractivity contribution in [2.75, 3.05) is 11.4 Å². The van der Waals surface area contributed by atoms with Crippen LogP contribution in [-0.2, 0) is 11.2 Å². The van der Waals surface area contributed by atoms with Gasteiger partial charge in [-0.3, -0.25) is 4.79 Å². The third-order valence-corrected chi connectivity index (χ3v) is 2.91. The van der Waals surface area contributed by atoms with Crippen molar-refractivity contribution in [1.82, 2.24) is 0 Å². The first kappa shape index (κ1) is 12.7. The lowest BCUT2D eigenvalue weighted by Crippen LogP contribution is -2.26. The molecule has 3 nitrogen and oxygen atoms in total. The first-order valence-corrected chi connectivity index (χ1v) is 5.45. The zero-order valence-electron chi connectivity index (χ0n) is 9.97. The third kappa shape index (κ3) is 2.42. The monoisotopic (exact) mass is 259 g/mol. The molecule has 1 amide bonds. The van der Waals surface area contributed by atoms with Gasteiger partial charge in [-0.05, 0) is 30.5 Å². The maximum absolute atomic E-state index is 12.2. The van der Waals surface area contributed by atoms with Crippen LogP contribution in [0.2, 0.25) is 0 Å². The fourth-order valence-corrected chi connectivity index (χ4v) is 2.20. The van der Waals surface area contributed by atoms with E-state index in [0.717, 1.165) is 5.56 Å². The van der Waals surface area contributed by atoms with Crippen molar-refractivity contribution in [3.8, 4) is 5.75 Å². The van der Waals surface area contributed by atoms with Gasteiger partial charge in [0.15, 0.2) is 0 Å². The van der Waals surface area contributed by atoms with E-state index in [0.29, 0.717) is 24.2 Å². The highest BCUT2D eigenvalue weighted by molar-refractivity contribution is 5.94. The minimum Gasteiger partial charge on any atom is -0.406 e.